The smallest absolute Gasteiger partial charge is 0.344 e. The molecule has 6 heteroatoms. The molecule has 0 aromatic heterocycles. The molecule has 0 saturated carbocycles. The molecule has 2 nitrogen and oxygen atoms in total. The Morgan fingerprint density at radius 3 is 1.25 bits per heavy atom. The Morgan fingerprint density at radius 1 is 1.25 bits per heavy atom. The van der Waals surface area contributed by atoms with Crippen LogP contribution in [0, 0.1) is 13.8 Å². The summed E-state index contributed by atoms with van der Waals surface area (Å²) in [4.78, 5) is 15.7. The van der Waals surface area contributed by atoms with Crippen LogP contribution in [0.3, 0.4) is 0 Å². The van der Waals surface area contributed by atoms with Gasteiger partial charge in [0.2, 0.25) is 5.69 Å². The summed E-state index contributed by atoms with van der Waals surface area (Å²) in [7, 11) is 0. The van der Waals surface area contributed by atoms with Gasteiger partial charge in [0.05, 0.1) is 0 Å². The van der Waals surface area contributed by atoms with E-state index < -0.39 is 5.69 Å². The zero-order valence-corrected chi connectivity index (χ0v) is 13.3. The predicted octanol–water partition coefficient (Wildman–Crippen LogP) is 2.58. The molecule has 0 aromatic carbocycles. The quantitative estimate of drug-likeness (QED) is 0.277. The van der Waals surface area contributed by atoms with E-state index in [9.17, 15) is 0 Å². The van der Waals surface area contributed by atoms with E-state index in [4.69, 9.17) is 9.79 Å². The summed E-state index contributed by atoms with van der Waals surface area (Å²) in [6, 6.07) is 0. The summed E-state index contributed by atoms with van der Waals surface area (Å²) in [5, 5.41) is 0. The number of thiol groups is 1. The van der Waals surface area contributed by atoms with Gasteiger partial charge in [-0.05, 0) is 11.8 Å². The number of rotatable bonds is 0. The Hall–Kier alpha value is 1.54. The minimum atomic E-state index is -3.11. The molecule has 0 aliphatic heterocycles. The molecule has 0 aromatic rings. The molecule has 2 N–H and O–H groups in total. The van der Waals surface area contributed by atoms with Crippen molar-refractivity contribution in [1.29, 1.82) is 0 Å². The molecular weight excluding hydrogens is 265 g/mol. The van der Waals surface area contributed by atoms with Crippen molar-refractivity contribution in [2.24, 2.45) is 0 Å². The molecule has 0 spiro atoms. The first-order chi connectivity index (χ1) is 4.83. The van der Waals surface area contributed by atoms with Crippen molar-refractivity contribution in [3.05, 3.63) is 13.8 Å². The van der Waals surface area contributed by atoms with Crippen molar-refractivity contribution < 1.29 is 29.3 Å². The van der Waals surface area contributed by atoms with Gasteiger partial charge >= 0.3 is 19.5 Å². The minimum Gasteiger partial charge on any atom is -0.344 e. The van der Waals surface area contributed by atoms with Gasteiger partial charge in [-0.1, -0.05) is 26.1 Å². The fourth-order valence-corrected chi connectivity index (χ4v) is 0. The molecule has 0 bridgehead atoms. The fourth-order valence-electron chi connectivity index (χ4n) is 0. The first-order valence-electron chi connectivity index (χ1n) is 3.20. The normalized spacial score (nSPS) is 7.92. The van der Waals surface area contributed by atoms with Gasteiger partial charge in [-0.25, -0.2) is 0 Å². The standard InChI is InChI=1S/2C3H7.H3O2PS2.Zn/c2*1-3-2;1-3(2,4)5;/h2*1,3H2,2H3;(H3,1,2,4,5);/q2*-1;;+2. The van der Waals surface area contributed by atoms with Crippen molar-refractivity contribution in [2.45, 2.75) is 26.7 Å². The molecule has 0 amide bonds. The minimum absolute atomic E-state index is 0. The molecule has 0 fully saturated rings. The number of hydrogen-bond donors (Lipinski definition) is 3. The van der Waals surface area contributed by atoms with Crippen molar-refractivity contribution in [3.8, 4) is 0 Å². The summed E-state index contributed by atoms with van der Waals surface area (Å²) in [5.74, 6) is 0. The Kier molecular flexibility index (Phi) is 35.8. The van der Waals surface area contributed by atoms with E-state index in [1.54, 1.807) is 0 Å². The molecule has 0 atom stereocenters. The van der Waals surface area contributed by atoms with Gasteiger partial charge in [-0.15, -0.1) is 0 Å². The molecule has 0 saturated heterocycles. The maximum absolute atomic E-state index is 7.87. The van der Waals surface area contributed by atoms with Crippen LogP contribution in [-0.4, -0.2) is 9.79 Å². The van der Waals surface area contributed by atoms with Gasteiger partial charge < -0.3 is 23.6 Å². The molecule has 12 heavy (non-hydrogen) atoms. The largest absolute Gasteiger partial charge is 2.00 e. The van der Waals surface area contributed by atoms with Crippen molar-refractivity contribution in [3.63, 3.8) is 0 Å². The zero-order valence-electron chi connectivity index (χ0n) is 7.73. The Morgan fingerprint density at radius 2 is 1.25 bits per heavy atom. The van der Waals surface area contributed by atoms with Crippen molar-refractivity contribution in [2.75, 3.05) is 0 Å². The van der Waals surface area contributed by atoms with Crippen molar-refractivity contribution >= 4 is 29.7 Å². The van der Waals surface area contributed by atoms with Crippen LogP contribution >= 0.6 is 17.9 Å². The van der Waals surface area contributed by atoms with Crippen LogP contribution in [0.5, 0.6) is 0 Å². The van der Waals surface area contributed by atoms with Crippen LogP contribution in [0.15, 0.2) is 0 Å². The Balaban J connectivity index is -0.0000000406. The van der Waals surface area contributed by atoms with Crippen LogP contribution in [0.4, 0.5) is 0 Å². The number of hydrogen-bond acceptors (Lipinski definition) is 1. The molecular formula is C6H17O2PS2Zn. The van der Waals surface area contributed by atoms with E-state index in [1.165, 1.54) is 0 Å². The molecule has 0 aliphatic rings. The second-order valence-corrected chi connectivity index (χ2v) is 6.55. The predicted molar refractivity (Wildman–Crippen MR) is 59.0 cm³/mol. The van der Waals surface area contributed by atoms with Gasteiger partial charge in [-0.2, -0.15) is 12.8 Å². The molecule has 0 aliphatic carbocycles. The SMILES string of the molecule is OP(O)(=S)S.[CH2-]CC.[CH2-]CC.[Zn+2]. The third kappa shape index (κ3) is 539. The van der Waals surface area contributed by atoms with Gasteiger partial charge in [0.25, 0.3) is 0 Å². The van der Waals surface area contributed by atoms with E-state index in [-0.39, 0.29) is 19.5 Å². The molecule has 0 heterocycles. The average molecular weight is 282 g/mol. The van der Waals surface area contributed by atoms with E-state index in [0.29, 0.717) is 0 Å². The summed E-state index contributed by atoms with van der Waals surface area (Å²) >= 11 is 7.07. The van der Waals surface area contributed by atoms with Gasteiger partial charge in [0.1, 0.15) is 0 Å². The molecule has 0 rings (SSSR count). The van der Waals surface area contributed by atoms with Gasteiger partial charge in [-0.3, -0.25) is 0 Å². The van der Waals surface area contributed by atoms with E-state index >= 15 is 0 Å². The maximum Gasteiger partial charge on any atom is 2.00 e. The third-order valence-electron chi connectivity index (χ3n) is 0. The Bertz CT molecular complexity index is 87.3. The Labute approximate surface area is 99.2 Å². The summed E-state index contributed by atoms with van der Waals surface area (Å²) in [5.41, 5.74) is -3.11. The molecule has 72 valence electrons. The van der Waals surface area contributed by atoms with Crippen LogP contribution in [-0.2, 0) is 31.3 Å². The van der Waals surface area contributed by atoms with E-state index in [1.807, 2.05) is 13.8 Å². The van der Waals surface area contributed by atoms with Crippen LogP contribution in [0.1, 0.15) is 26.7 Å². The van der Waals surface area contributed by atoms with Crippen LogP contribution in [0.25, 0.3) is 0 Å². The average Bonchev–Trinajstić information content (AvgIpc) is 1.62. The van der Waals surface area contributed by atoms with Gasteiger partial charge in [0, 0.05) is 0 Å². The fraction of sp³-hybridized carbons (Fsp3) is 0.667. The monoisotopic (exact) mass is 280 g/mol. The maximum atomic E-state index is 7.87. The van der Waals surface area contributed by atoms with Crippen LogP contribution in [0.2, 0.25) is 0 Å². The van der Waals surface area contributed by atoms with Crippen molar-refractivity contribution in [1.82, 2.24) is 0 Å². The first kappa shape index (κ1) is 23.4. The second kappa shape index (κ2) is 18.4. The molecule has 0 radical (unpaired) electrons. The van der Waals surface area contributed by atoms with Crippen LogP contribution < -0.4 is 0 Å². The third-order valence-corrected chi connectivity index (χ3v) is 0. The second-order valence-electron chi connectivity index (χ2n) is 1.51. The zero-order chi connectivity index (χ0) is 9.91. The topological polar surface area (TPSA) is 40.5 Å². The summed E-state index contributed by atoms with van der Waals surface area (Å²) < 4.78 is 0. The van der Waals surface area contributed by atoms with E-state index in [2.05, 4.69) is 37.9 Å². The first-order valence-corrected chi connectivity index (χ1v) is 7.06. The summed E-state index contributed by atoms with van der Waals surface area (Å²) in [6.45, 7) is 11.0. The van der Waals surface area contributed by atoms with Gasteiger partial charge in [0.15, 0.2) is 0 Å². The van der Waals surface area contributed by atoms with E-state index in [0.717, 1.165) is 12.8 Å². The molecule has 0 unspecified atom stereocenters. The summed E-state index contributed by atoms with van der Waals surface area (Å²) in [6.07, 6.45) is 2.00.